The quantitative estimate of drug-likeness (QED) is 0.862. The van der Waals surface area contributed by atoms with Gasteiger partial charge in [-0.15, -0.1) is 0 Å². The molecule has 1 aliphatic heterocycles. The molecule has 6 nitrogen and oxygen atoms in total. The molecule has 2 atom stereocenters. The number of carbonyl (C=O) groups is 1. The Morgan fingerprint density at radius 3 is 2.46 bits per heavy atom. The second-order valence-electron chi connectivity index (χ2n) is 7.55. The van der Waals surface area contributed by atoms with Crippen molar-refractivity contribution in [3.05, 3.63) is 17.0 Å². The lowest BCUT2D eigenvalue weighted by molar-refractivity contribution is -0.122. The zero-order valence-electron chi connectivity index (χ0n) is 15.8. The average molecular weight is 337 g/mol. The smallest absolute Gasteiger partial charge is 0.220 e. The highest BCUT2D eigenvalue weighted by atomic mass is 16.5. The Morgan fingerprint density at radius 2 is 1.92 bits per heavy atom. The Labute approximate surface area is 144 Å². The minimum absolute atomic E-state index is 0.0671. The third-order valence-corrected chi connectivity index (χ3v) is 4.78. The molecule has 0 radical (unpaired) electrons. The van der Waals surface area contributed by atoms with Gasteiger partial charge in [0.15, 0.2) is 0 Å². The third-order valence-electron chi connectivity index (χ3n) is 4.78. The molecule has 2 rings (SSSR count). The minimum Gasteiger partial charge on any atom is -0.373 e. The summed E-state index contributed by atoms with van der Waals surface area (Å²) < 4.78 is 10.9. The van der Waals surface area contributed by atoms with Gasteiger partial charge >= 0.3 is 0 Å². The van der Waals surface area contributed by atoms with Gasteiger partial charge in [0.25, 0.3) is 0 Å². The van der Waals surface area contributed by atoms with E-state index in [9.17, 15) is 4.79 Å². The molecule has 136 valence electrons. The number of morpholine rings is 1. The molecule has 2 heterocycles. The van der Waals surface area contributed by atoms with Gasteiger partial charge in [0.05, 0.1) is 17.9 Å². The molecule has 0 bridgehead atoms. The predicted molar refractivity (Wildman–Crippen MR) is 93.0 cm³/mol. The van der Waals surface area contributed by atoms with Gasteiger partial charge in [-0.05, 0) is 48.0 Å². The van der Waals surface area contributed by atoms with E-state index < -0.39 is 0 Å². The maximum Gasteiger partial charge on any atom is 0.220 e. The molecular formula is C18H31N3O3. The molecule has 1 aliphatic rings. The van der Waals surface area contributed by atoms with Crippen molar-refractivity contribution in [2.45, 2.75) is 72.1 Å². The zero-order valence-corrected chi connectivity index (χ0v) is 15.8. The van der Waals surface area contributed by atoms with Gasteiger partial charge in [-0.2, -0.15) is 0 Å². The van der Waals surface area contributed by atoms with Crippen molar-refractivity contribution in [1.29, 1.82) is 0 Å². The Kier molecular flexibility index (Phi) is 6.04. The van der Waals surface area contributed by atoms with E-state index in [0.717, 1.165) is 30.1 Å². The Balaban J connectivity index is 1.81. The van der Waals surface area contributed by atoms with Crippen molar-refractivity contribution < 1.29 is 14.1 Å². The summed E-state index contributed by atoms with van der Waals surface area (Å²) in [5, 5.41) is 7.01. The van der Waals surface area contributed by atoms with Crippen LogP contribution in [0.5, 0.6) is 0 Å². The molecule has 1 aromatic heterocycles. The molecule has 24 heavy (non-hydrogen) atoms. The number of aromatic nitrogens is 1. The number of hydrogen-bond donors (Lipinski definition) is 1. The van der Waals surface area contributed by atoms with Crippen LogP contribution in [0, 0.1) is 13.8 Å². The molecule has 1 saturated heterocycles. The molecule has 0 aliphatic carbocycles. The lowest BCUT2D eigenvalue weighted by atomic mass is 10.00. The largest absolute Gasteiger partial charge is 0.373 e. The number of ether oxygens (including phenoxy) is 1. The fraction of sp³-hybridized carbons (Fsp3) is 0.778. The number of rotatable bonds is 6. The number of hydrogen-bond acceptors (Lipinski definition) is 5. The summed E-state index contributed by atoms with van der Waals surface area (Å²) in [5.74, 6) is 0.870. The highest BCUT2D eigenvalue weighted by Gasteiger charge is 2.33. The van der Waals surface area contributed by atoms with Crippen LogP contribution >= 0.6 is 0 Å². The Hall–Kier alpha value is -1.40. The molecule has 0 saturated carbocycles. The average Bonchev–Trinajstić information content (AvgIpc) is 2.81. The van der Waals surface area contributed by atoms with Crippen molar-refractivity contribution in [2.75, 3.05) is 19.6 Å². The van der Waals surface area contributed by atoms with E-state index in [1.54, 1.807) is 0 Å². The first kappa shape index (κ1) is 18.9. The topological polar surface area (TPSA) is 67.6 Å². The molecular weight excluding hydrogens is 306 g/mol. The lowest BCUT2D eigenvalue weighted by Crippen LogP contribution is -2.58. The fourth-order valence-electron chi connectivity index (χ4n) is 3.28. The third kappa shape index (κ3) is 4.80. The SMILES string of the molecule is Cc1noc(C)c1CCC(=O)NCC(C)(C)N1CC(C)OC(C)C1. The van der Waals surface area contributed by atoms with Crippen LogP contribution in [0.4, 0.5) is 0 Å². The number of nitrogens with one attached hydrogen (secondary N) is 1. The summed E-state index contributed by atoms with van der Waals surface area (Å²) in [6.45, 7) is 14.8. The maximum atomic E-state index is 12.2. The molecule has 0 spiro atoms. The summed E-state index contributed by atoms with van der Waals surface area (Å²) in [4.78, 5) is 14.6. The van der Waals surface area contributed by atoms with E-state index in [1.165, 1.54) is 0 Å². The summed E-state index contributed by atoms with van der Waals surface area (Å²) in [7, 11) is 0. The van der Waals surface area contributed by atoms with E-state index in [0.29, 0.717) is 19.4 Å². The van der Waals surface area contributed by atoms with Crippen molar-refractivity contribution >= 4 is 5.91 Å². The summed E-state index contributed by atoms with van der Waals surface area (Å²) in [6.07, 6.45) is 1.57. The van der Waals surface area contributed by atoms with Gasteiger partial charge in [0.1, 0.15) is 5.76 Å². The summed E-state index contributed by atoms with van der Waals surface area (Å²) >= 11 is 0. The van der Waals surface area contributed by atoms with E-state index in [4.69, 9.17) is 9.26 Å². The minimum atomic E-state index is -0.0923. The molecule has 1 N–H and O–H groups in total. The number of carbonyl (C=O) groups excluding carboxylic acids is 1. The van der Waals surface area contributed by atoms with Gasteiger partial charge in [0, 0.05) is 37.2 Å². The molecule has 1 aromatic rings. The molecule has 6 heteroatoms. The van der Waals surface area contributed by atoms with Crippen molar-refractivity contribution in [3.63, 3.8) is 0 Å². The maximum absolute atomic E-state index is 12.2. The lowest BCUT2D eigenvalue weighted by Gasteiger charge is -2.45. The predicted octanol–water partition coefficient (Wildman–Crippen LogP) is 2.23. The fourth-order valence-corrected chi connectivity index (χ4v) is 3.28. The van der Waals surface area contributed by atoms with Gasteiger partial charge in [-0.25, -0.2) is 0 Å². The standard InChI is InChI=1S/C18H31N3O3/c1-12-9-21(10-13(2)23-12)18(5,6)11-19-17(22)8-7-16-14(3)20-24-15(16)4/h12-13H,7-11H2,1-6H3,(H,19,22). The van der Waals surface area contributed by atoms with Crippen LogP contribution in [0.2, 0.25) is 0 Å². The Morgan fingerprint density at radius 1 is 1.29 bits per heavy atom. The van der Waals surface area contributed by atoms with Crippen LogP contribution in [-0.2, 0) is 16.0 Å². The molecule has 1 amide bonds. The van der Waals surface area contributed by atoms with Crippen LogP contribution in [0.1, 0.15) is 51.1 Å². The highest BCUT2D eigenvalue weighted by Crippen LogP contribution is 2.21. The van der Waals surface area contributed by atoms with Crippen molar-refractivity contribution in [3.8, 4) is 0 Å². The van der Waals surface area contributed by atoms with E-state index in [1.807, 2.05) is 13.8 Å². The van der Waals surface area contributed by atoms with Crippen LogP contribution in [0.15, 0.2) is 4.52 Å². The first-order valence-electron chi connectivity index (χ1n) is 8.78. The van der Waals surface area contributed by atoms with Crippen molar-refractivity contribution in [1.82, 2.24) is 15.4 Å². The number of amides is 1. The number of nitrogens with zero attached hydrogens (tertiary/aromatic N) is 2. The summed E-state index contributed by atoms with van der Waals surface area (Å²) in [5.41, 5.74) is 1.82. The van der Waals surface area contributed by atoms with Crippen LogP contribution in [0.25, 0.3) is 0 Å². The first-order valence-corrected chi connectivity index (χ1v) is 8.78. The molecule has 2 unspecified atom stereocenters. The second-order valence-corrected chi connectivity index (χ2v) is 7.55. The first-order chi connectivity index (χ1) is 11.2. The van der Waals surface area contributed by atoms with E-state index in [2.05, 4.69) is 43.1 Å². The number of aryl methyl sites for hydroxylation is 2. The van der Waals surface area contributed by atoms with Crippen LogP contribution in [0.3, 0.4) is 0 Å². The van der Waals surface area contributed by atoms with Crippen LogP contribution < -0.4 is 5.32 Å². The summed E-state index contributed by atoms with van der Waals surface area (Å²) in [6, 6.07) is 0. The monoisotopic (exact) mass is 337 g/mol. The highest BCUT2D eigenvalue weighted by molar-refractivity contribution is 5.76. The normalized spacial score (nSPS) is 22.6. The van der Waals surface area contributed by atoms with Gasteiger partial charge in [0.2, 0.25) is 5.91 Å². The molecule has 0 aromatic carbocycles. The second kappa shape index (κ2) is 7.66. The van der Waals surface area contributed by atoms with Gasteiger partial charge < -0.3 is 14.6 Å². The zero-order chi connectivity index (χ0) is 17.9. The van der Waals surface area contributed by atoms with E-state index in [-0.39, 0.29) is 23.7 Å². The molecule has 1 fully saturated rings. The van der Waals surface area contributed by atoms with Gasteiger partial charge in [-0.1, -0.05) is 5.16 Å². The Bertz CT molecular complexity index is 538. The van der Waals surface area contributed by atoms with Crippen molar-refractivity contribution in [2.24, 2.45) is 0 Å². The van der Waals surface area contributed by atoms with Crippen LogP contribution in [-0.4, -0.2) is 53.3 Å². The van der Waals surface area contributed by atoms with E-state index >= 15 is 0 Å². The van der Waals surface area contributed by atoms with Gasteiger partial charge in [-0.3, -0.25) is 9.69 Å².